The molecule has 1 amide bonds. The molecule has 0 saturated heterocycles. The second-order valence-corrected chi connectivity index (χ2v) is 6.71. The van der Waals surface area contributed by atoms with Crippen LogP contribution in [0.1, 0.15) is 10.6 Å². The standard InChI is InChI=1S/C21H14ClN5O3/c22-15-11-9-14(10-12-15)20-24-19(25-26(20)17-6-2-1-3-7-17)21(28)23-16-5-4-8-18(13-16)27(29)30/h1-13H,(H,23,28). The molecule has 8 nitrogen and oxygen atoms in total. The van der Waals surface area contributed by atoms with Crippen LogP contribution in [0.15, 0.2) is 78.9 Å². The van der Waals surface area contributed by atoms with Crippen molar-refractivity contribution >= 4 is 28.9 Å². The second-order valence-electron chi connectivity index (χ2n) is 6.27. The molecule has 0 spiro atoms. The van der Waals surface area contributed by atoms with Gasteiger partial charge >= 0.3 is 0 Å². The first-order valence-corrected chi connectivity index (χ1v) is 9.23. The number of non-ortho nitro benzene ring substituents is 1. The van der Waals surface area contributed by atoms with Gasteiger partial charge < -0.3 is 5.32 Å². The Balaban J connectivity index is 1.72. The Morgan fingerprint density at radius 1 is 1.00 bits per heavy atom. The monoisotopic (exact) mass is 419 g/mol. The molecule has 4 rings (SSSR count). The predicted octanol–water partition coefficient (Wildman–Crippen LogP) is 4.75. The SMILES string of the molecule is O=C(Nc1cccc([N+](=O)[O-])c1)c1nc(-c2ccc(Cl)cc2)n(-c2ccccc2)n1. The Hall–Kier alpha value is -4.04. The summed E-state index contributed by atoms with van der Waals surface area (Å²) in [5.74, 6) is -0.197. The first-order chi connectivity index (χ1) is 14.5. The van der Waals surface area contributed by atoms with Crippen LogP contribution >= 0.6 is 11.6 Å². The summed E-state index contributed by atoms with van der Waals surface area (Å²) in [6.07, 6.45) is 0. The van der Waals surface area contributed by atoms with Gasteiger partial charge in [-0.15, -0.1) is 5.10 Å². The Kier molecular flexibility index (Phi) is 5.23. The van der Waals surface area contributed by atoms with Gasteiger partial charge in [0.1, 0.15) is 0 Å². The molecule has 0 unspecified atom stereocenters. The average molecular weight is 420 g/mol. The summed E-state index contributed by atoms with van der Waals surface area (Å²) in [5, 5.41) is 18.5. The quantitative estimate of drug-likeness (QED) is 0.371. The summed E-state index contributed by atoms with van der Waals surface area (Å²) in [6.45, 7) is 0. The van der Waals surface area contributed by atoms with Gasteiger partial charge in [0.25, 0.3) is 11.6 Å². The molecule has 0 bridgehead atoms. The first-order valence-electron chi connectivity index (χ1n) is 8.85. The number of anilines is 1. The number of nitrogens with zero attached hydrogens (tertiary/aromatic N) is 4. The van der Waals surface area contributed by atoms with Crippen LogP contribution in [0.5, 0.6) is 0 Å². The molecular formula is C21H14ClN5O3. The first kappa shape index (κ1) is 19.3. The largest absolute Gasteiger partial charge is 0.319 e. The van der Waals surface area contributed by atoms with Crippen molar-refractivity contribution in [2.75, 3.05) is 5.32 Å². The van der Waals surface area contributed by atoms with Crippen molar-refractivity contribution in [1.82, 2.24) is 14.8 Å². The number of nitro groups is 1. The van der Waals surface area contributed by atoms with Gasteiger partial charge in [0.05, 0.1) is 10.6 Å². The Labute approximate surface area is 175 Å². The normalized spacial score (nSPS) is 10.6. The highest BCUT2D eigenvalue weighted by molar-refractivity contribution is 6.30. The van der Waals surface area contributed by atoms with Gasteiger partial charge in [-0.3, -0.25) is 14.9 Å². The lowest BCUT2D eigenvalue weighted by Crippen LogP contribution is -2.14. The van der Waals surface area contributed by atoms with Crippen LogP contribution in [0.3, 0.4) is 0 Å². The molecule has 4 aromatic rings. The van der Waals surface area contributed by atoms with Gasteiger partial charge in [-0.05, 0) is 42.5 Å². The van der Waals surface area contributed by atoms with Crippen LogP contribution in [0.4, 0.5) is 11.4 Å². The van der Waals surface area contributed by atoms with E-state index in [1.807, 2.05) is 30.3 Å². The zero-order valence-corrected chi connectivity index (χ0v) is 16.2. The Bertz CT molecular complexity index is 1220. The lowest BCUT2D eigenvalue weighted by molar-refractivity contribution is -0.384. The molecule has 0 atom stereocenters. The number of halogens is 1. The van der Waals surface area contributed by atoms with Crippen molar-refractivity contribution < 1.29 is 9.72 Å². The van der Waals surface area contributed by atoms with E-state index in [0.29, 0.717) is 10.8 Å². The third-order valence-electron chi connectivity index (χ3n) is 4.23. The van der Waals surface area contributed by atoms with Crippen LogP contribution in [-0.2, 0) is 0 Å². The maximum absolute atomic E-state index is 12.7. The van der Waals surface area contributed by atoms with Gasteiger partial charge in [-0.25, -0.2) is 9.67 Å². The molecular weight excluding hydrogens is 406 g/mol. The number of carbonyl (C=O) groups is 1. The number of carbonyl (C=O) groups excluding carboxylic acids is 1. The van der Waals surface area contributed by atoms with E-state index in [4.69, 9.17) is 11.6 Å². The van der Waals surface area contributed by atoms with E-state index >= 15 is 0 Å². The van der Waals surface area contributed by atoms with Crippen molar-refractivity contribution in [2.45, 2.75) is 0 Å². The number of aromatic nitrogens is 3. The number of amides is 1. The lowest BCUT2D eigenvalue weighted by Gasteiger charge is -2.05. The Morgan fingerprint density at radius 3 is 2.43 bits per heavy atom. The number of nitro benzene ring substituents is 1. The molecule has 9 heteroatoms. The van der Waals surface area contributed by atoms with E-state index < -0.39 is 10.8 Å². The molecule has 1 N–H and O–H groups in total. The van der Waals surface area contributed by atoms with Crippen LogP contribution < -0.4 is 5.32 Å². The van der Waals surface area contributed by atoms with E-state index in [0.717, 1.165) is 11.3 Å². The molecule has 3 aromatic carbocycles. The third-order valence-corrected chi connectivity index (χ3v) is 4.48. The number of hydrogen-bond donors (Lipinski definition) is 1. The molecule has 0 radical (unpaired) electrons. The van der Waals surface area contributed by atoms with Gasteiger partial charge in [0.2, 0.25) is 5.82 Å². The fourth-order valence-corrected chi connectivity index (χ4v) is 2.95. The molecule has 148 valence electrons. The number of rotatable bonds is 5. The smallest absolute Gasteiger partial charge is 0.295 e. The summed E-state index contributed by atoms with van der Waals surface area (Å²) in [5.41, 5.74) is 1.60. The fraction of sp³-hybridized carbons (Fsp3) is 0. The summed E-state index contributed by atoms with van der Waals surface area (Å²) in [6, 6.07) is 21.9. The second kappa shape index (κ2) is 8.14. The highest BCUT2D eigenvalue weighted by Gasteiger charge is 2.19. The van der Waals surface area contributed by atoms with E-state index in [9.17, 15) is 14.9 Å². The van der Waals surface area contributed by atoms with Crippen LogP contribution in [0, 0.1) is 10.1 Å². The zero-order chi connectivity index (χ0) is 21.1. The number of para-hydroxylation sites is 1. The van der Waals surface area contributed by atoms with Crippen molar-refractivity contribution in [1.29, 1.82) is 0 Å². The van der Waals surface area contributed by atoms with Crippen LogP contribution in [0.25, 0.3) is 17.1 Å². The Morgan fingerprint density at radius 2 is 1.73 bits per heavy atom. The summed E-state index contributed by atoms with van der Waals surface area (Å²) in [7, 11) is 0. The van der Waals surface area contributed by atoms with Crippen molar-refractivity contribution in [3.05, 3.63) is 99.8 Å². The molecule has 1 aromatic heterocycles. The zero-order valence-electron chi connectivity index (χ0n) is 15.4. The maximum atomic E-state index is 12.7. The van der Waals surface area contributed by atoms with Crippen molar-refractivity contribution in [3.63, 3.8) is 0 Å². The minimum atomic E-state index is -0.583. The van der Waals surface area contributed by atoms with E-state index in [1.54, 1.807) is 35.0 Å². The fourth-order valence-electron chi connectivity index (χ4n) is 2.83. The lowest BCUT2D eigenvalue weighted by atomic mass is 10.2. The van der Waals surface area contributed by atoms with Gasteiger partial charge in [0, 0.05) is 28.4 Å². The highest BCUT2D eigenvalue weighted by atomic mass is 35.5. The number of benzene rings is 3. The van der Waals surface area contributed by atoms with Gasteiger partial charge in [0.15, 0.2) is 5.82 Å². The molecule has 30 heavy (non-hydrogen) atoms. The van der Waals surface area contributed by atoms with Crippen LogP contribution in [0.2, 0.25) is 5.02 Å². The van der Waals surface area contributed by atoms with Crippen LogP contribution in [-0.4, -0.2) is 25.6 Å². The van der Waals surface area contributed by atoms with Gasteiger partial charge in [-0.1, -0.05) is 35.9 Å². The predicted molar refractivity (Wildman–Crippen MR) is 113 cm³/mol. The molecule has 0 aliphatic carbocycles. The molecule has 1 heterocycles. The number of hydrogen-bond acceptors (Lipinski definition) is 5. The summed E-state index contributed by atoms with van der Waals surface area (Å²) >= 11 is 5.98. The van der Waals surface area contributed by atoms with E-state index in [-0.39, 0.29) is 17.2 Å². The third kappa shape index (κ3) is 4.03. The topological polar surface area (TPSA) is 103 Å². The molecule has 0 saturated carbocycles. The maximum Gasteiger partial charge on any atom is 0.295 e. The van der Waals surface area contributed by atoms with Crippen molar-refractivity contribution in [2.24, 2.45) is 0 Å². The van der Waals surface area contributed by atoms with E-state index in [2.05, 4.69) is 15.4 Å². The molecule has 0 fully saturated rings. The highest BCUT2D eigenvalue weighted by Crippen LogP contribution is 2.24. The van der Waals surface area contributed by atoms with Crippen molar-refractivity contribution in [3.8, 4) is 17.1 Å². The average Bonchev–Trinajstić information content (AvgIpc) is 3.21. The molecule has 0 aliphatic rings. The summed E-state index contributed by atoms with van der Waals surface area (Å²) < 4.78 is 1.56. The molecule has 0 aliphatic heterocycles. The number of nitrogens with one attached hydrogen (secondary N) is 1. The minimum absolute atomic E-state index is 0.0738. The minimum Gasteiger partial charge on any atom is -0.319 e. The van der Waals surface area contributed by atoms with Gasteiger partial charge in [-0.2, -0.15) is 0 Å². The summed E-state index contributed by atoms with van der Waals surface area (Å²) in [4.78, 5) is 27.6. The van der Waals surface area contributed by atoms with E-state index in [1.165, 1.54) is 18.2 Å².